The number of amides is 5. The summed E-state index contributed by atoms with van der Waals surface area (Å²) in [5, 5.41) is 84.3. The normalized spacial score (nSPS) is 13.4. The van der Waals surface area contributed by atoms with Gasteiger partial charge in [0.25, 0.3) is 6.33 Å². The maximum absolute atomic E-state index is 15.3. The van der Waals surface area contributed by atoms with Crippen LogP contribution in [0.1, 0.15) is 176 Å². The minimum Gasteiger partial charge on any atom is -1.00 e. The number of carbonyl (C=O) groups is 5. The van der Waals surface area contributed by atoms with Crippen LogP contribution < -0.4 is 31.7 Å². The molecule has 12 aromatic rings. The Balaban J connectivity index is 0.000000273. The molecular formula is C99H117Cl3F6N21O13S3+. The number of nitrogens with zero attached hydrogens (tertiary/aromatic N) is 19. The van der Waals surface area contributed by atoms with Gasteiger partial charge in [0.15, 0.2) is 5.56 Å². The van der Waals surface area contributed by atoms with E-state index in [0.717, 1.165) is 77.8 Å². The van der Waals surface area contributed by atoms with Gasteiger partial charge < -0.3 is 81.2 Å². The summed E-state index contributed by atoms with van der Waals surface area (Å²) in [5.41, 5.74) is -2.65. The van der Waals surface area contributed by atoms with Crippen LogP contribution >= 0.6 is 58.0 Å². The van der Waals surface area contributed by atoms with Crippen molar-refractivity contribution in [2.45, 2.75) is 181 Å². The summed E-state index contributed by atoms with van der Waals surface area (Å²) < 4.78 is 120. The van der Waals surface area contributed by atoms with Crippen molar-refractivity contribution in [1.29, 1.82) is 15.8 Å². The minimum absolute atomic E-state index is 0. The number of benzene rings is 6. The molecule has 0 saturated heterocycles. The van der Waals surface area contributed by atoms with Gasteiger partial charge in [-0.05, 0) is 167 Å². The zero-order valence-corrected chi connectivity index (χ0v) is 87.7. The summed E-state index contributed by atoms with van der Waals surface area (Å²) in [5.74, 6) is -6.74. The molecule has 0 radical (unpaired) electrons. The summed E-state index contributed by atoms with van der Waals surface area (Å²) in [7, 11) is 3.21. The van der Waals surface area contributed by atoms with Gasteiger partial charge in [-0.1, -0.05) is 75.7 Å². The van der Waals surface area contributed by atoms with Gasteiger partial charge in [-0.2, -0.15) is 35.2 Å². The number of nitrogens with one attached hydrogen (secondary N) is 2. The number of alkyl halides is 1. The third-order valence-electron chi connectivity index (χ3n) is 22.5. The van der Waals surface area contributed by atoms with Crippen LogP contribution in [-0.2, 0) is 55.4 Å². The zero-order valence-electron chi connectivity index (χ0n) is 82.9. The number of aromatic amines is 1. The van der Waals surface area contributed by atoms with Gasteiger partial charge in [0, 0.05) is 157 Å². The van der Waals surface area contributed by atoms with Crippen LogP contribution in [0.25, 0.3) is 33.8 Å². The second-order valence-electron chi connectivity index (χ2n) is 35.0. The highest BCUT2D eigenvalue weighted by atomic mass is 35.5. The topological polar surface area (TPSA) is 415 Å². The van der Waals surface area contributed by atoms with Crippen LogP contribution in [-0.4, -0.2) is 216 Å². The number of nitriles is 3. The highest BCUT2D eigenvalue weighted by Crippen LogP contribution is 2.46. The molecule has 0 aliphatic carbocycles. The lowest BCUT2D eigenvalue weighted by atomic mass is 9.82. The molecule has 12 rings (SSSR count). The smallest absolute Gasteiger partial charge is 0.452 e. The lowest BCUT2D eigenvalue weighted by Gasteiger charge is -2.33. The van der Waals surface area contributed by atoms with Gasteiger partial charge in [0.05, 0.1) is 73.5 Å². The summed E-state index contributed by atoms with van der Waals surface area (Å²) in [6, 6.07) is 35.6. The molecule has 6 aromatic carbocycles. The first-order chi connectivity index (χ1) is 67.7. The molecule has 8 atom stereocenters. The average molecular weight is 2130 g/mol. The standard InChI is InChI=1S/C36H44F2N7O5S.C28H29F2N7O3S.C22H17F2N5OS.C13H25ClN2O4.2ClH/c1-8-42(16-17-43(9-2)34(47)50-35(5,6)7)33(46)49-25(4)44-22-40-45(23-44)21-36(48,29-18-28(37)14-15-30(29)38)24(3)32-41-31(20-51-32)27-12-10-26(19-39)11-13-27;1-4-32-11-12-36(3)27(38)40-26-33-17-37(35-26)16-28(39,22-13-21(29)9-10-23(22)30)18(2)25-34-24(15-41-25)20-7-5-19(14-31)6-8-20;1-14(21-28-20(10-31-21)16-4-2-15(9-25)3-5-16)22(30,11-29-13-26-12-27-29)18-8-17(23)6-7-19(18)24;1-7-16(12(18)19-10(2)14)9-8-15(6)11(17)20-13(3,4)5;;/h10-15,18,20,22-25,48H,8-9,16-17,21H2,1-7H3;5-10,13,15,17-18,32,39H,4,11-12,16H2,1-3H3;2-8,10,12-14,30H,11H2,1H3;10H,7-9H2,1-6H3;2*1H/q+1;;;;;/t24-,25?,36+;18-,28+;14-,22+;;;/m000.../s1. The molecule has 0 fully saturated rings. The summed E-state index contributed by atoms with van der Waals surface area (Å²) in [6.07, 6.45) is 3.42. The number of halogens is 9. The fourth-order valence-corrected chi connectivity index (χ4v) is 17.1. The molecule has 46 heteroatoms. The van der Waals surface area contributed by atoms with Crippen molar-refractivity contribution < 1.29 is 111 Å². The summed E-state index contributed by atoms with van der Waals surface area (Å²) >= 11 is 9.44. The van der Waals surface area contributed by atoms with E-state index in [9.17, 15) is 56.9 Å². The van der Waals surface area contributed by atoms with Gasteiger partial charge in [-0.15, -0.1) is 51.1 Å². The van der Waals surface area contributed by atoms with E-state index in [-0.39, 0.29) is 80.2 Å². The van der Waals surface area contributed by atoms with Crippen molar-refractivity contribution in [3.05, 3.63) is 258 Å². The van der Waals surface area contributed by atoms with Crippen LogP contribution in [0.5, 0.6) is 6.01 Å². The monoisotopic (exact) mass is 2120 g/mol. The fraction of sp³-hybridized carbons (Fsp3) is 0.404. The van der Waals surface area contributed by atoms with E-state index in [1.54, 1.807) is 181 Å². The van der Waals surface area contributed by atoms with Crippen molar-refractivity contribution >= 4 is 88.5 Å². The largest absolute Gasteiger partial charge is 1.00 e. The fourth-order valence-electron chi connectivity index (χ4n) is 14.2. The lowest BCUT2D eigenvalue weighted by Crippen LogP contribution is -3.00. The highest BCUT2D eigenvalue weighted by molar-refractivity contribution is 7.10. The second kappa shape index (κ2) is 54.1. The maximum atomic E-state index is 15.3. The summed E-state index contributed by atoms with van der Waals surface area (Å²) in [6.45, 7) is 29.9. The predicted molar refractivity (Wildman–Crippen MR) is 528 cm³/mol. The van der Waals surface area contributed by atoms with Crippen LogP contribution in [0.4, 0.5) is 50.3 Å². The Morgan fingerprint density at radius 2 is 0.903 bits per heavy atom. The van der Waals surface area contributed by atoms with E-state index in [2.05, 4.69) is 58.8 Å². The quantitative estimate of drug-likeness (QED) is 0.00809. The molecule has 6 heterocycles. The Hall–Kier alpha value is -13.3. The molecule has 0 aliphatic heterocycles. The SMILES string of the molecule is CCN(CCN(C)C(=O)OC(C)(C)C)C(=O)OC(C)Cl.CCN(CCN(CC)C(=O)OC(C)(C)C)C(=O)OC(C)[n+]1cnn(C[C@](O)(c2cc(F)ccc2F)[C@@H](C)c2nc(-c3ccc(C#N)cc3)cs2)c1.CCNCCN(C)C(=O)Oc1nc[n+](C[C@](O)(c2cc(F)ccc2F)[C@@H](C)c2nc(-c3ccc(C#N)cc3)cs2)[nH]1.C[C@@H](c1nc(-c2ccc(C#N)cc2)cs1)[C@](O)(Cn1cncn1)c1cc(F)ccc1F.Cl.[Cl-]. The molecule has 776 valence electrons. The van der Waals surface area contributed by atoms with E-state index in [1.807, 2.05) is 26.2 Å². The molecule has 0 saturated carbocycles. The molecule has 0 bridgehead atoms. The van der Waals surface area contributed by atoms with E-state index < -0.39 is 123 Å². The van der Waals surface area contributed by atoms with Crippen LogP contribution in [0.2, 0.25) is 0 Å². The molecule has 0 aliphatic rings. The van der Waals surface area contributed by atoms with Crippen molar-refractivity contribution in [2.75, 3.05) is 79.5 Å². The number of hydrogen-bond donors (Lipinski definition) is 5. The molecule has 5 N–H and O–H groups in total. The number of ether oxygens (including phenoxy) is 5. The molecule has 2 unspecified atom stereocenters. The number of aliphatic hydroxyl groups is 3. The Bertz CT molecular complexity index is 6380. The van der Waals surface area contributed by atoms with Crippen molar-refractivity contribution in [1.82, 2.24) is 79.4 Å². The van der Waals surface area contributed by atoms with E-state index >= 15 is 8.78 Å². The number of thiazole rings is 3. The van der Waals surface area contributed by atoms with E-state index in [1.165, 1.54) is 109 Å². The Morgan fingerprint density at radius 3 is 1.30 bits per heavy atom. The second-order valence-corrected chi connectivity index (χ2v) is 38.3. The van der Waals surface area contributed by atoms with Crippen LogP contribution in [0.3, 0.4) is 0 Å². The van der Waals surface area contributed by atoms with Gasteiger partial charge in [0.2, 0.25) is 12.6 Å². The predicted octanol–water partition coefficient (Wildman–Crippen LogP) is 14.6. The highest BCUT2D eigenvalue weighted by Gasteiger charge is 2.47. The number of H-pyrrole nitrogens is 1. The van der Waals surface area contributed by atoms with Crippen molar-refractivity contribution in [3.8, 4) is 58.0 Å². The molecule has 0 spiro atoms. The first kappa shape index (κ1) is 119. The van der Waals surface area contributed by atoms with Gasteiger partial charge in [-0.25, -0.2) is 74.9 Å². The van der Waals surface area contributed by atoms with Crippen LogP contribution in [0, 0.1) is 68.9 Å². The minimum atomic E-state index is -2.02. The molecular weight excluding hydrogens is 2010 g/mol. The molecule has 5 amide bonds. The lowest BCUT2D eigenvalue weighted by molar-refractivity contribution is -0.765. The third kappa shape index (κ3) is 33.1. The first-order valence-electron chi connectivity index (χ1n) is 45.4. The number of carbonyl (C=O) groups excluding carboxylic acids is 5. The maximum Gasteiger partial charge on any atom is 0.452 e. The van der Waals surface area contributed by atoms with Gasteiger partial charge in [-0.3, -0.25) is 0 Å². The summed E-state index contributed by atoms with van der Waals surface area (Å²) in [4.78, 5) is 90.6. The van der Waals surface area contributed by atoms with Crippen molar-refractivity contribution in [3.63, 3.8) is 0 Å². The van der Waals surface area contributed by atoms with Crippen molar-refractivity contribution in [2.24, 2.45) is 0 Å². The van der Waals surface area contributed by atoms with E-state index in [0.29, 0.717) is 94.6 Å². The Kier molecular flexibility index (Phi) is 44.3. The van der Waals surface area contributed by atoms with Gasteiger partial charge in [0.1, 0.15) is 88.7 Å². The van der Waals surface area contributed by atoms with Crippen LogP contribution in [0.15, 0.2) is 175 Å². The average Bonchev–Trinajstić information content (AvgIpc) is 1.72. The zero-order chi connectivity index (χ0) is 105. The number of rotatable bonds is 35. The number of hydrogen-bond acceptors (Lipinski definition) is 27. The molecule has 6 aromatic heterocycles. The number of aromatic nitrogens is 12. The first-order valence-corrected chi connectivity index (χ1v) is 48.5. The Labute approximate surface area is 866 Å². The number of likely N-dealkylation sites (N-methyl/N-ethyl adjacent to an activating group) is 6. The van der Waals surface area contributed by atoms with Gasteiger partial charge >= 0.3 is 42.8 Å². The molecule has 34 nitrogen and oxygen atoms in total. The van der Waals surface area contributed by atoms with E-state index in [4.69, 9.17) is 56.1 Å². The Morgan fingerprint density at radius 1 is 0.517 bits per heavy atom. The molecule has 145 heavy (non-hydrogen) atoms. The third-order valence-corrected chi connectivity index (χ3v) is 25.6.